The highest BCUT2D eigenvalue weighted by molar-refractivity contribution is 7.90. The molecule has 1 aromatic carbocycles. The van der Waals surface area contributed by atoms with E-state index in [9.17, 15) is 13.2 Å². The van der Waals surface area contributed by atoms with Gasteiger partial charge in [-0.05, 0) is 49.1 Å². The van der Waals surface area contributed by atoms with E-state index < -0.39 is 15.9 Å². The standard InChI is InChI=1S/C18H20N2O4S/c1-24-17-9-8-14(11-15(17)16-7-2-3-10-19-16)18(21)20-25(22,23)12-13-5-4-6-13/h2-3,7-11,13H,4-6,12H2,1H3,(H,20,21). The minimum atomic E-state index is -3.63. The van der Waals surface area contributed by atoms with Crippen molar-refractivity contribution in [3.05, 3.63) is 48.2 Å². The summed E-state index contributed by atoms with van der Waals surface area (Å²) in [5.74, 6) is 0.0825. The van der Waals surface area contributed by atoms with Crippen molar-refractivity contribution in [1.82, 2.24) is 9.71 Å². The van der Waals surface area contributed by atoms with E-state index in [4.69, 9.17) is 4.74 Å². The van der Waals surface area contributed by atoms with Gasteiger partial charge >= 0.3 is 0 Å². The van der Waals surface area contributed by atoms with E-state index in [-0.39, 0.29) is 17.2 Å². The Kier molecular flexibility index (Phi) is 5.03. The molecule has 0 atom stereocenters. The lowest BCUT2D eigenvalue weighted by molar-refractivity contribution is 0.0981. The molecule has 1 aliphatic carbocycles. The van der Waals surface area contributed by atoms with Crippen LogP contribution in [0.25, 0.3) is 11.3 Å². The highest BCUT2D eigenvalue weighted by Gasteiger charge is 2.26. The number of carbonyl (C=O) groups is 1. The number of rotatable bonds is 6. The highest BCUT2D eigenvalue weighted by atomic mass is 32.2. The molecule has 6 nitrogen and oxygen atoms in total. The number of hydrogen-bond acceptors (Lipinski definition) is 5. The number of sulfonamides is 1. The average Bonchev–Trinajstić information content (AvgIpc) is 2.58. The molecule has 0 aliphatic heterocycles. The van der Waals surface area contributed by atoms with Crippen LogP contribution in [0.4, 0.5) is 0 Å². The van der Waals surface area contributed by atoms with E-state index in [1.54, 1.807) is 36.5 Å². The zero-order valence-electron chi connectivity index (χ0n) is 13.9. The Labute approximate surface area is 147 Å². The molecule has 1 aromatic heterocycles. The Bertz CT molecular complexity index is 862. The quantitative estimate of drug-likeness (QED) is 0.856. The van der Waals surface area contributed by atoms with Gasteiger partial charge in [-0.1, -0.05) is 12.5 Å². The Morgan fingerprint density at radius 2 is 2.08 bits per heavy atom. The molecule has 1 fully saturated rings. The maximum Gasteiger partial charge on any atom is 0.264 e. The number of methoxy groups -OCH3 is 1. The number of pyridine rings is 1. The summed E-state index contributed by atoms with van der Waals surface area (Å²) in [7, 11) is -2.10. The molecule has 1 amide bonds. The highest BCUT2D eigenvalue weighted by Crippen LogP contribution is 2.30. The van der Waals surface area contributed by atoms with Crippen molar-refractivity contribution in [3.8, 4) is 17.0 Å². The fraction of sp³-hybridized carbons (Fsp3) is 0.333. The molecule has 1 saturated carbocycles. The summed E-state index contributed by atoms with van der Waals surface area (Å²) in [6.07, 6.45) is 4.51. The van der Waals surface area contributed by atoms with Crippen molar-refractivity contribution in [3.63, 3.8) is 0 Å². The van der Waals surface area contributed by atoms with Crippen LogP contribution in [0.2, 0.25) is 0 Å². The summed E-state index contributed by atoms with van der Waals surface area (Å²) in [5.41, 5.74) is 1.53. The molecule has 1 aliphatic rings. The second-order valence-corrected chi connectivity index (χ2v) is 7.91. The average molecular weight is 360 g/mol. The van der Waals surface area contributed by atoms with E-state index in [1.807, 2.05) is 6.07 Å². The van der Waals surface area contributed by atoms with Crippen LogP contribution >= 0.6 is 0 Å². The second kappa shape index (κ2) is 7.23. The second-order valence-electron chi connectivity index (χ2n) is 6.14. The third kappa shape index (κ3) is 4.17. The minimum Gasteiger partial charge on any atom is -0.496 e. The number of amides is 1. The Balaban J connectivity index is 1.83. The molecule has 0 saturated heterocycles. The number of nitrogens with zero attached hydrogens (tertiary/aromatic N) is 1. The minimum absolute atomic E-state index is 0.00198. The normalized spacial score (nSPS) is 14.6. The summed E-state index contributed by atoms with van der Waals surface area (Å²) < 4.78 is 31.7. The van der Waals surface area contributed by atoms with Crippen molar-refractivity contribution in [1.29, 1.82) is 0 Å². The SMILES string of the molecule is COc1ccc(C(=O)NS(=O)(=O)CC2CCC2)cc1-c1ccccn1. The molecule has 0 radical (unpaired) electrons. The molecule has 132 valence electrons. The molecule has 7 heteroatoms. The van der Waals surface area contributed by atoms with E-state index in [1.165, 1.54) is 7.11 Å². The van der Waals surface area contributed by atoms with E-state index >= 15 is 0 Å². The van der Waals surface area contributed by atoms with Crippen LogP contribution in [0.5, 0.6) is 5.75 Å². The summed E-state index contributed by atoms with van der Waals surface area (Å²) in [5, 5.41) is 0. The third-order valence-corrected chi connectivity index (χ3v) is 5.74. The topological polar surface area (TPSA) is 85.4 Å². The zero-order chi connectivity index (χ0) is 17.9. The van der Waals surface area contributed by atoms with E-state index in [0.29, 0.717) is 17.0 Å². The van der Waals surface area contributed by atoms with Crippen LogP contribution in [0, 0.1) is 5.92 Å². The fourth-order valence-electron chi connectivity index (χ4n) is 2.78. The van der Waals surface area contributed by atoms with Gasteiger partial charge in [0.15, 0.2) is 0 Å². The largest absolute Gasteiger partial charge is 0.496 e. The number of ether oxygens (including phenoxy) is 1. The van der Waals surface area contributed by atoms with Crippen LogP contribution < -0.4 is 9.46 Å². The Morgan fingerprint density at radius 3 is 2.68 bits per heavy atom. The maximum absolute atomic E-state index is 12.4. The first-order valence-electron chi connectivity index (χ1n) is 8.13. The van der Waals surface area contributed by atoms with Gasteiger partial charge in [0.25, 0.3) is 5.91 Å². The first-order valence-corrected chi connectivity index (χ1v) is 9.78. The van der Waals surface area contributed by atoms with Gasteiger partial charge in [-0.3, -0.25) is 9.78 Å². The fourth-order valence-corrected chi connectivity index (χ4v) is 4.22. The first-order chi connectivity index (χ1) is 12.0. The van der Waals surface area contributed by atoms with Gasteiger partial charge in [-0.2, -0.15) is 0 Å². The van der Waals surface area contributed by atoms with Crippen molar-refractivity contribution in [2.45, 2.75) is 19.3 Å². The van der Waals surface area contributed by atoms with Crippen molar-refractivity contribution in [2.75, 3.05) is 12.9 Å². The molecular weight excluding hydrogens is 340 g/mol. The Hall–Kier alpha value is -2.41. The first kappa shape index (κ1) is 17.4. The molecule has 0 unspecified atom stereocenters. The molecule has 1 heterocycles. The van der Waals surface area contributed by atoms with Crippen LogP contribution in [0.15, 0.2) is 42.6 Å². The summed E-state index contributed by atoms with van der Waals surface area (Å²) in [4.78, 5) is 16.6. The van der Waals surface area contributed by atoms with Crippen LogP contribution in [0.1, 0.15) is 29.6 Å². The van der Waals surface area contributed by atoms with Gasteiger partial charge in [0.1, 0.15) is 5.75 Å². The molecule has 1 N–H and O–H groups in total. The number of aromatic nitrogens is 1. The van der Waals surface area contributed by atoms with Gasteiger partial charge < -0.3 is 4.74 Å². The predicted octanol–water partition coefficient (Wildman–Crippen LogP) is 2.62. The van der Waals surface area contributed by atoms with Crippen LogP contribution in [0.3, 0.4) is 0 Å². The van der Waals surface area contributed by atoms with Crippen molar-refractivity contribution in [2.24, 2.45) is 5.92 Å². The van der Waals surface area contributed by atoms with E-state index in [0.717, 1.165) is 19.3 Å². The number of hydrogen-bond donors (Lipinski definition) is 1. The van der Waals surface area contributed by atoms with Gasteiger partial charge in [0, 0.05) is 17.3 Å². The molecule has 0 spiro atoms. The van der Waals surface area contributed by atoms with Crippen LogP contribution in [-0.2, 0) is 10.0 Å². The van der Waals surface area contributed by atoms with Gasteiger partial charge in [-0.15, -0.1) is 0 Å². The van der Waals surface area contributed by atoms with Gasteiger partial charge in [0.2, 0.25) is 10.0 Å². The maximum atomic E-state index is 12.4. The summed E-state index contributed by atoms with van der Waals surface area (Å²) >= 11 is 0. The summed E-state index contributed by atoms with van der Waals surface area (Å²) in [6.45, 7) is 0. The number of benzene rings is 1. The van der Waals surface area contributed by atoms with Crippen molar-refractivity contribution >= 4 is 15.9 Å². The molecule has 25 heavy (non-hydrogen) atoms. The van der Waals surface area contributed by atoms with Crippen molar-refractivity contribution < 1.29 is 17.9 Å². The molecule has 2 aromatic rings. The number of nitrogens with one attached hydrogen (secondary N) is 1. The monoisotopic (exact) mass is 360 g/mol. The lowest BCUT2D eigenvalue weighted by Gasteiger charge is -2.24. The van der Waals surface area contributed by atoms with Gasteiger partial charge in [-0.25, -0.2) is 13.1 Å². The third-order valence-electron chi connectivity index (χ3n) is 4.33. The molecular formula is C18H20N2O4S. The number of carbonyl (C=O) groups excluding carboxylic acids is 1. The van der Waals surface area contributed by atoms with Gasteiger partial charge in [0.05, 0.1) is 18.6 Å². The zero-order valence-corrected chi connectivity index (χ0v) is 14.8. The molecule has 3 rings (SSSR count). The predicted molar refractivity (Wildman–Crippen MR) is 94.8 cm³/mol. The smallest absolute Gasteiger partial charge is 0.264 e. The summed E-state index contributed by atoms with van der Waals surface area (Å²) in [6, 6.07) is 10.2. The lowest BCUT2D eigenvalue weighted by atomic mass is 9.87. The Morgan fingerprint density at radius 1 is 1.28 bits per heavy atom. The van der Waals surface area contributed by atoms with E-state index in [2.05, 4.69) is 9.71 Å². The molecule has 0 bridgehead atoms. The lowest BCUT2D eigenvalue weighted by Crippen LogP contribution is -2.36. The van der Waals surface area contributed by atoms with Crippen LogP contribution in [-0.4, -0.2) is 32.2 Å².